The smallest absolute Gasteiger partial charge is 0.160 e. The van der Waals surface area contributed by atoms with Gasteiger partial charge >= 0.3 is 0 Å². The SMILES string of the molecule is CCn1nccc1CN1CCc2nc(-c3cccnc3)ncc2C1. The normalized spacial score (nSPS) is 14.5. The highest BCUT2D eigenvalue weighted by Gasteiger charge is 2.19. The molecule has 1 aliphatic heterocycles. The number of nitrogens with zero attached hydrogens (tertiary/aromatic N) is 6. The minimum absolute atomic E-state index is 0.763. The molecule has 0 unspecified atom stereocenters. The van der Waals surface area contributed by atoms with Crippen LogP contribution in [-0.4, -0.2) is 36.2 Å². The van der Waals surface area contributed by atoms with Crippen molar-refractivity contribution in [2.45, 2.75) is 33.0 Å². The molecule has 0 bridgehead atoms. The second kappa shape index (κ2) is 6.49. The van der Waals surface area contributed by atoms with Crippen LogP contribution in [0.15, 0.2) is 43.0 Å². The molecule has 0 spiro atoms. The van der Waals surface area contributed by atoms with Gasteiger partial charge in [0.2, 0.25) is 0 Å². The fourth-order valence-corrected chi connectivity index (χ4v) is 3.15. The molecule has 0 aromatic carbocycles. The van der Waals surface area contributed by atoms with Gasteiger partial charge in [-0.25, -0.2) is 9.97 Å². The van der Waals surface area contributed by atoms with Gasteiger partial charge in [-0.05, 0) is 25.1 Å². The quantitative estimate of drug-likeness (QED) is 0.738. The maximum absolute atomic E-state index is 4.75. The van der Waals surface area contributed by atoms with E-state index in [1.165, 1.54) is 11.3 Å². The summed E-state index contributed by atoms with van der Waals surface area (Å²) in [4.78, 5) is 15.9. The van der Waals surface area contributed by atoms with Gasteiger partial charge in [0.25, 0.3) is 0 Å². The van der Waals surface area contributed by atoms with E-state index in [1.54, 1.807) is 6.20 Å². The predicted octanol–water partition coefficient (Wildman–Crippen LogP) is 2.31. The van der Waals surface area contributed by atoms with Crippen LogP contribution in [0, 0.1) is 0 Å². The summed E-state index contributed by atoms with van der Waals surface area (Å²) < 4.78 is 2.05. The largest absolute Gasteiger partial charge is 0.293 e. The predicted molar refractivity (Wildman–Crippen MR) is 91.0 cm³/mol. The number of rotatable bonds is 4. The van der Waals surface area contributed by atoms with Gasteiger partial charge in [0.05, 0.1) is 11.4 Å². The second-order valence-corrected chi connectivity index (χ2v) is 6.01. The van der Waals surface area contributed by atoms with Crippen molar-refractivity contribution < 1.29 is 0 Å². The lowest BCUT2D eigenvalue weighted by Crippen LogP contribution is -2.31. The lowest BCUT2D eigenvalue weighted by molar-refractivity contribution is 0.235. The first kappa shape index (κ1) is 15.0. The van der Waals surface area contributed by atoms with Crippen molar-refractivity contribution >= 4 is 0 Å². The number of pyridine rings is 1. The van der Waals surface area contributed by atoms with Crippen LogP contribution in [-0.2, 0) is 26.1 Å². The number of aryl methyl sites for hydroxylation is 1. The Bertz CT molecular complexity index is 827. The molecule has 0 saturated carbocycles. The van der Waals surface area contributed by atoms with Crippen LogP contribution in [0.2, 0.25) is 0 Å². The Hall–Kier alpha value is -2.60. The summed E-state index contributed by atoms with van der Waals surface area (Å²) in [6.45, 7) is 5.83. The van der Waals surface area contributed by atoms with Crippen LogP contribution in [0.1, 0.15) is 23.9 Å². The van der Waals surface area contributed by atoms with Gasteiger partial charge in [-0.1, -0.05) is 0 Å². The highest BCUT2D eigenvalue weighted by molar-refractivity contribution is 5.53. The Morgan fingerprint density at radius 2 is 2.12 bits per heavy atom. The molecule has 6 heteroatoms. The molecule has 24 heavy (non-hydrogen) atoms. The van der Waals surface area contributed by atoms with Gasteiger partial charge < -0.3 is 0 Å². The minimum Gasteiger partial charge on any atom is -0.293 e. The zero-order valence-electron chi connectivity index (χ0n) is 13.8. The van der Waals surface area contributed by atoms with E-state index in [1.807, 2.05) is 30.7 Å². The van der Waals surface area contributed by atoms with E-state index in [-0.39, 0.29) is 0 Å². The molecule has 0 saturated heterocycles. The highest BCUT2D eigenvalue weighted by Crippen LogP contribution is 2.21. The summed E-state index contributed by atoms with van der Waals surface area (Å²) in [6.07, 6.45) is 8.36. The number of hydrogen-bond donors (Lipinski definition) is 0. The molecule has 1 aliphatic rings. The minimum atomic E-state index is 0.763. The molecular formula is C18H20N6. The zero-order valence-corrected chi connectivity index (χ0v) is 13.8. The summed E-state index contributed by atoms with van der Waals surface area (Å²) in [5.74, 6) is 0.763. The van der Waals surface area contributed by atoms with Crippen LogP contribution < -0.4 is 0 Å². The van der Waals surface area contributed by atoms with E-state index < -0.39 is 0 Å². The van der Waals surface area contributed by atoms with Crippen LogP contribution in [0.4, 0.5) is 0 Å². The molecule has 0 amide bonds. The third kappa shape index (κ3) is 2.92. The Morgan fingerprint density at radius 1 is 1.17 bits per heavy atom. The van der Waals surface area contributed by atoms with Crippen molar-refractivity contribution in [3.05, 3.63) is 59.9 Å². The first-order valence-electron chi connectivity index (χ1n) is 8.31. The number of hydrogen-bond acceptors (Lipinski definition) is 5. The average Bonchev–Trinajstić information content (AvgIpc) is 3.09. The first-order chi connectivity index (χ1) is 11.8. The molecule has 0 atom stereocenters. The third-order valence-corrected chi connectivity index (χ3v) is 4.42. The Labute approximate surface area is 141 Å². The Kier molecular flexibility index (Phi) is 4.04. The summed E-state index contributed by atoms with van der Waals surface area (Å²) >= 11 is 0. The number of fused-ring (bicyclic) bond motifs is 1. The van der Waals surface area contributed by atoms with Crippen molar-refractivity contribution in [2.24, 2.45) is 0 Å². The topological polar surface area (TPSA) is 59.7 Å². The van der Waals surface area contributed by atoms with E-state index in [9.17, 15) is 0 Å². The maximum Gasteiger partial charge on any atom is 0.160 e. The molecule has 3 aromatic heterocycles. The van der Waals surface area contributed by atoms with Gasteiger partial charge in [-0.3, -0.25) is 14.6 Å². The second-order valence-electron chi connectivity index (χ2n) is 6.01. The van der Waals surface area contributed by atoms with Gasteiger partial charge in [0.1, 0.15) is 0 Å². The van der Waals surface area contributed by atoms with Crippen molar-refractivity contribution in [2.75, 3.05) is 6.54 Å². The van der Waals surface area contributed by atoms with E-state index in [0.717, 1.165) is 49.7 Å². The monoisotopic (exact) mass is 320 g/mol. The molecular weight excluding hydrogens is 300 g/mol. The molecule has 4 rings (SSSR count). The van der Waals surface area contributed by atoms with Crippen LogP contribution in [0.3, 0.4) is 0 Å². The molecule has 4 heterocycles. The van der Waals surface area contributed by atoms with E-state index in [0.29, 0.717) is 0 Å². The summed E-state index contributed by atoms with van der Waals surface area (Å²) in [5.41, 5.74) is 4.60. The summed E-state index contributed by atoms with van der Waals surface area (Å²) in [6, 6.07) is 6.01. The molecule has 6 nitrogen and oxygen atoms in total. The van der Waals surface area contributed by atoms with Crippen molar-refractivity contribution in [1.29, 1.82) is 0 Å². The van der Waals surface area contributed by atoms with E-state index in [4.69, 9.17) is 4.98 Å². The Balaban J connectivity index is 1.52. The van der Waals surface area contributed by atoms with Crippen molar-refractivity contribution in [3.63, 3.8) is 0 Å². The highest BCUT2D eigenvalue weighted by atomic mass is 15.3. The summed E-state index contributed by atoms with van der Waals surface area (Å²) in [7, 11) is 0. The lowest BCUT2D eigenvalue weighted by Gasteiger charge is -2.28. The molecule has 122 valence electrons. The van der Waals surface area contributed by atoms with Gasteiger partial charge in [-0.15, -0.1) is 0 Å². The standard InChI is InChI=1S/C18H20N6/c1-2-24-16(5-8-21-24)13-23-9-6-17-15(12-23)11-20-18(22-17)14-4-3-7-19-10-14/h3-5,7-8,10-11H,2,6,9,12-13H2,1H3. The molecule has 0 radical (unpaired) electrons. The van der Waals surface area contributed by atoms with Gasteiger partial charge in [0.15, 0.2) is 5.82 Å². The van der Waals surface area contributed by atoms with E-state index in [2.05, 4.69) is 37.6 Å². The lowest BCUT2D eigenvalue weighted by atomic mass is 10.1. The van der Waals surface area contributed by atoms with Crippen molar-refractivity contribution in [1.82, 2.24) is 29.6 Å². The fourth-order valence-electron chi connectivity index (χ4n) is 3.15. The van der Waals surface area contributed by atoms with Crippen LogP contribution in [0.25, 0.3) is 11.4 Å². The molecule has 0 N–H and O–H groups in total. The first-order valence-corrected chi connectivity index (χ1v) is 8.31. The number of aromatic nitrogens is 5. The van der Waals surface area contributed by atoms with E-state index >= 15 is 0 Å². The average molecular weight is 320 g/mol. The van der Waals surface area contributed by atoms with Crippen LogP contribution in [0.5, 0.6) is 0 Å². The maximum atomic E-state index is 4.75. The molecule has 3 aromatic rings. The zero-order chi connectivity index (χ0) is 16.4. The molecule has 0 aliphatic carbocycles. The van der Waals surface area contributed by atoms with Crippen molar-refractivity contribution in [3.8, 4) is 11.4 Å². The third-order valence-electron chi connectivity index (χ3n) is 4.42. The Morgan fingerprint density at radius 3 is 2.96 bits per heavy atom. The van der Waals surface area contributed by atoms with Crippen LogP contribution >= 0.6 is 0 Å². The summed E-state index contributed by atoms with van der Waals surface area (Å²) in [5, 5.41) is 4.35. The van der Waals surface area contributed by atoms with Gasteiger partial charge in [0, 0.05) is 68.5 Å². The fraction of sp³-hybridized carbons (Fsp3) is 0.333. The molecule has 0 fully saturated rings. The van der Waals surface area contributed by atoms with Gasteiger partial charge in [-0.2, -0.15) is 5.10 Å².